The highest BCUT2D eigenvalue weighted by atomic mass is 35.5. The number of aliphatic hydroxyl groups is 4. The summed E-state index contributed by atoms with van der Waals surface area (Å²) in [4.78, 5) is 0. The molecule has 0 saturated carbocycles. The maximum atomic E-state index is 9.20. The summed E-state index contributed by atoms with van der Waals surface area (Å²) in [5.41, 5.74) is 5.26. The van der Waals surface area contributed by atoms with E-state index in [-0.39, 0.29) is 12.4 Å². The van der Waals surface area contributed by atoms with Gasteiger partial charge < -0.3 is 30.9 Å². The number of ether oxygens (including phenoxy) is 1. The summed E-state index contributed by atoms with van der Waals surface area (Å²) in [7, 11) is 0. The number of halogens is 1. The third-order valence-electron chi connectivity index (χ3n) is 1.95. The average molecular weight is 216 g/mol. The topological polar surface area (TPSA) is 116 Å². The summed E-state index contributed by atoms with van der Waals surface area (Å²) < 4.78 is 4.70. The van der Waals surface area contributed by atoms with Gasteiger partial charge in [-0.3, -0.25) is 0 Å². The summed E-state index contributed by atoms with van der Waals surface area (Å²) in [5.74, 6) is 0. The van der Waals surface area contributed by atoms with E-state index in [0.29, 0.717) is 0 Å². The molecule has 1 heterocycles. The zero-order valence-corrected chi connectivity index (χ0v) is 7.59. The van der Waals surface area contributed by atoms with Gasteiger partial charge in [0, 0.05) is 0 Å². The second-order valence-corrected chi connectivity index (χ2v) is 2.81. The summed E-state index contributed by atoms with van der Waals surface area (Å²) in [5, 5.41) is 36.1. The summed E-state index contributed by atoms with van der Waals surface area (Å²) in [6.45, 7) is -0.470. The Labute approximate surface area is 81.3 Å². The van der Waals surface area contributed by atoms with Crippen molar-refractivity contribution in [2.45, 2.75) is 30.6 Å². The number of hydrogen-bond donors (Lipinski definition) is 5. The van der Waals surface area contributed by atoms with E-state index in [2.05, 4.69) is 0 Å². The van der Waals surface area contributed by atoms with Crippen LogP contribution in [0.15, 0.2) is 0 Å². The predicted octanol–water partition coefficient (Wildman–Crippen LogP) is -2.83. The molecule has 1 rings (SSSR count). The van der Waals surface area contributed by atoms with E-state index < -0.39 is 37.3 Å². The quantitative estimate of drug-likeness (QED) is 0.322. The van der Waals surface area contributed by atoms with Crippen LogP contribution in [0.4, 0.5) is 0 Å². The lowest BCUT2D eigenvalue weighted by Crippen LogP contribution is -2.61. The summed E-state index contributed by atoms with van der Waals surface area (Å²) in [6, 6.07) is -1.04. The number of nitrogens with two attached hydrogens (primary N) is 1. The molecule has 0 amide bonds. The Hall–Kier alpha value is 0.0500. The zero-order valence-electron chi connectivity index (χ0n) is 6.78. The molecule has 5 atom stereocenters. The van der Waals surface area contributed by atoms with Gasteiger partial charge in [-0.25, -0.2) is 0 Å². The minimum atomic E-state index is -1.35. The van der Waals surface area contributed by atoms with Crippen molar-refractivity contribution < 1.29 is 25.2 Å². The van der Waals surface area contributed by atoms with Crippen molar-refractivity contribution in [1.29, 1.82) is 0 Å². The molecule has 1 aliphatic rings. The van der Waals surface area contributed by atoms with Crippen LogP contribution >= 0.6 is 12.4 Å². The minimum Gasteiger partial charge on any atom is -0.394 e. The molecule has 0 aromatic carbocycles. The first-order valence-corrected chi connectivity index (χ1v) is 3.64. The molecule has 1 aliphatic heterocycles. The van der Waals surface area contributed by atoms with Crippen LogP contribution in [-0.2, 0) is 4.74 Å². The molecular weight excluding hydrogens is 202 g/mol. The fourth-order valence-electron chi connectivity index (χ4n) is 1.12. The van der Waals surface area contributed by atoms with Crippen LogP contribution < -0.4 is 5.73 Å². The van der Waals surface area contributed by atoms with E-state index in [0.717, 1.165) is 0 Å². The molecule has 0 aromatic heterocycles. The van der Waals surface area contributed by atoms with Gasteiger partial charge in [-0.05, 0) is 0 Å². The number of aliphatic hydroxyl groups excluding tert-OH is 4. The Morgan fingerprint density at radius 1 is 1.15 bits per heavy atom. The van der Waals surface area contributed by atoms with Crippen LogP contribution in [0, 0.1) is 0 Å². The van der Waals surface area contributed by atoms with Crippen LogP contribution in [-0.4, -0.2) is 57.7 Å². The molecule has 0 bridgehead atoms. The van der Waals surface area contributed by atoms with E-state index in [1.807, 2.05) is 0 Å². The van der Waals surface area contributed by atoms with Crippen LogP contribution in [0.1, 0.15) is 0 Å². The molecule has 6 nitrogen and oxygen atoms in total. The smallest absolute Gasteiger partial charge is 0.173 e. The van der Waals surface area contributed by atoms with Crippen LogP contribution in [0.25, 0.3) is 0 Å². The lowest BCUT2D eigenvalue weighted by molar-refractivity contribution is -0.248. The van der Waals surface area contributed by atoms with E-state index in [1.165, 1.54) is 0 Å². The molecule has 0 spiro atoms. The molecule has 7 heteroatoms. The molecule has 0 aliphatic carbocycles. The Balaban J connectivity index is 0.00000144. The van der Waals surface area contributed by atoms with Crippen molar-refractivity contribution in [3.63, 3.8) is 0 Å². The van der Waals surface area contributed by atoms with E-state index in [4.69, 9.17) is 20.7 Å². The lowest BCUT2D eigenvalue weighted by atomic mass is 9.98. The van der Waals surface area contributed by atoms with Gasteiger partial charge in [-0.15, -0.1) is 12.4 Å². The van der Waals surface area contributed by atoms with Crippen LogP contribution in [0.5, 0.6) is 0 Å². The minimum absolute atomic E-state index is 0. The maximum absolute atomic E-state index is 9.20. The lowest BCUT2D eigenvalue weighted by Gasteiger charge is -2.38. The Bertz CT molecular complexity index is 155. The van der Waals surface area contributed by atoms with E-state index in [1.54, 1.807) is 0 Å². The van der Waals surface area contributed by atoms with Gasteiger partial charge in [0.15, 0.2) is 6.29 Å². The molecule has 13 heavy (non-hydrogen) atoms. The maximum Gasteiger partial charge on any atom is 0.173 e. The molecule has 0 radical (unpaired) electrons. The fraction of sp³-hybridized carbons (Fsp3) is 1.00. The molecule has 1 fully saturated rings. The molecule has 80 valence electrons. The van der Waals surface area contributed by atoms with Crippen molar-refractivity contribution >= 4 is 12.4 Å². The summed E-state index contributed by atoms with van der Waals surface area (Å²) >= 11 is 0. The van der Waals surface area contributed by atoms with Crippen molar-refractivity contribution in [3.8, 4) is 0 Å². The SMILES string of the molecule is Cl.NC1C(O)[C@H](O)C(CO)O[C@H]1O. The van der Waals surface area contributed by atoms with Gasteiger partial charge in [0.05, 0.1) is 12.6 Å². The van der Waals surface area contributed by atoms with Crippen molar-refractivity contribution in [1.82, 2.24) is 0 Å². The molecule has 1 saturated heterocycles. The first kappa shape index (κ1) is 13.1. The summed E-state index contributed by atoms with van der Waals surface area (Å²) in [6.07, 6.45) is -4.85. The highest BCUT2D eigenvalue weighted by Crippen LogP contribution is 2.17. The highest BCUT2D eigenvalue weighted by Gasteiger charge is 2.41. The standard InChI is InChI=1S/C6H13NO5.ClH/c7-3-5(10)4(9)2(1-8)12-6(3)11;/h2-6,8-11H,1,7H2;1H/t2?,3?,4-,5?,6-;/m1./s1. The van der Waals surface area contributed by atoms with Gasteiger partial charge in [0.2, 0.25) is 0 Å². The van der Waals surface area contributed by atoms with Crippen molar-refractivity contribution in [2.75, 3.05) is 6.61 Å². The Kier molecular flexibility index (Phi) is 5.08. The zero-order chi connectivity index (χ0) is 9.30. The Morgan fingerprint density at radius 3 is 2.15 bits per heavy atom. The second kappa shape index (κ2) is 5.06. The number of hydrogen-bond acceptors (Lipinski definition) is 6. The van der Waals surface area contributed by atoms with Gasteiger partial charge in [-0.1, -0.05) is 0 Å². The van der Waals surface area contributed by atoms with Crippen LogP contribution in [0.3, 0.4) is 0 Å². The normalized spacial score (nSPS) is 45.5. The Morgan fingerprint density at radius 2 is 1.69 bits per heavy atom. The van der Waals surface area contributed by atoms with Gasteiger partial charge in [-0.2, -0.15) is 0 Å². The largest absolute Gasteiger partial charge is 0.394 e. The third-order valence-corrected chi connectivity index (χ3v) is 1.95. The van der Waals surface area contributed by atoms with Gasteiger partial charge >= 0.3 is 0 Å². The molecule has 3 unspecified atom stereocenters. The first-order chi connectivity index (χ1) is 5.57. The monoisotopic (exact) mass is 215 g/mol. The van der Waals surface area contributed by atoms with Crippen molar-refractivity contribution in [3.05, 3.63) is 0 Å². The fourth-order valence-corrected chi connectivity index (χ4v) is 1.12. The van der Waals surface area contributed by atoms with E-state index >= 15 is 0 Å². The third kappa shape index (κ3) is 2.50. The van der Waals surface area contributed by atoms with Crippen molar-refractivity contribution in [2.24, 2.45) is 5.73 Å². The molecular formula is C6H14ClNO5. The number of rotatable bonds is 1. The van der Waals surface area contributed by atoms with Gasteiger partial charge in [0.1, 0.15) is 18.3 Å². The highest BCUT2D eigenvalue weighted by molar-refractivity contribution is 5.85. The first-order valence-electron chi connectivity index (χ1n) is 3.64. The molecule has 6 N–H and O–H groups in total. The van der Waals surface area contributed by atoms with E-state index in [9.17, 15) is 10.2 Å². The average Bonchev–Trinajstić information content (AvgIpc) is 2.08. The van der Waals surface area contributed by atoms with Gasteiger partial charge in [0.25, 0.3) is 0 Å². The molecule has 0 aromatic rings. The second-order valence-electron chi connectivity index (χ2n) is 2.81. The predicted molar refractivity (Wildman–Crippen MR) is 45.2 cm³/mol. The van der Waals surface area contributed by atoms with Crippen LogP contribution in [0.2, 0.25) is 0 Å².